The van der Waals surface area contributed by atoms with Crippen LogP contribution in [0.25, 0.3) is 0 Å². The Morgan fingerprint density at radius 1 is 1.39 bits per heavy atom. The molecule has 0 spiro atoms. The molecule has 0 bridgehead atoms. The number of amides is 1. The van der Waals surface area contributed by atoms with Crippen molar-refractivity contribution in [3.63, 3.8) is 0 Å². The van der Waals surface area contributed by atoms with Crippen LogP contribution in [-0.2, 0) is 16.0 Å². The van der Waals surface area contributed by atoms with E-state index in [-0.39, 0.29) is 11.9 Å². The highest BCUT2D eigenvalue weighted by Gasteiger charge is 2.41. The molecule has 3 heterocycles. The molecule has 2 atom stereocenters. The van der Waals surface area contributed by atoms with E-state index < -0.39 is 11.9 Å². The van der Waals surface area contributed by atoms with Gasteiger partial charge in [-0.05, 0) is 43.3 Å². The Bertz CT molecular complexity index is 693. The van der Waals surface area contributed by atoms with Gasteiger partial charge in [0.05, 0.1) is 12.0 Å². The minimum absolute atomic E-state index is 0.0649. The third-order valence-corrected chi connectivity index (χ3v) is 6.26. The van der Waals surface area contributed by atoms with Gasteiger partial charge in [-0.2, -0.15) is 0 Å². The van der Waals surface area contributed by atoms with Crippen LogP contribution in [0.15, 0.2) is 29.6 Å². The molecule has 0 aliphatic carbocycles. The van der Waals surface area contributed by atoms with E-state index in [1.54, 1.807) is 27.6 Å². The van der Waals surface area contributed by atoms with Gasteiger partial charge < -0.3 is 10.0 Å². The summed E-state index contributed by atoms with van der Waals surface area (Å²) in [6.45, 7) is 2.58. The fourth-order valence-corrected chi connectivity index (χ4v) is 4.88. The Kier molecular flexibility index (Phi) is 4.82. The van der Waals surface area contributed by atoms with Crippen molar-refractivity contribution < 1.29 is 14.7 Å². The summed E-state index contributed by atoms with van der Waals surface area (Å²) in [4.78, 5) is 29.3. The Hall–Kier alpha value is -1.66. The van der Waals surface area contributed by atoms with Gasteiger partial charge in [-0.3, -0.25) is 9.59 Å². The van der Waals surface area contributed by atoms with E-state index >= 15 is 0 Å². The van der Waals surface area contributed by atoms with E-state index in [4.69, 9.17) is 0 Å². The van der Waals surface area contributed by atoms with Crippen molar-refractivity contribution >= 4 is 34.6 Å². The first-order chi connectivity index (χ1) is 11.1. The van der Waals surface area contributed by atoms with Gasteiger partial charge in [-0.15, -0.1) is 22.7 Å². The summed E-state index contributed by atoms with van der Waals surface area (Å²) in [6.07, 6.45) is 1.52. The average molecular weight is 349 g/mol. The smallest absolute Gasteiger partial charge is 0.308 e. The van der Waals surface area contributed by atoms with Gasteiger partial charge in [0, 0.05) is 27.6 Å². The van der Waals surface area contributed by atoms with Crippen molar-refractivity contribution in [1.29, 1.82) is 0 Å². The van der Waals surface area contributed by atoms with E-state index in [0.717, 1.165) is 16.2 Å². The summed E-state index contributed by atoms with van der Waals surface area (Å²) < 4.78 is 0. The third-order valence-electron chi connectivity index (χ3n) is 4.26. The molecule has 1 aliphatic rings. The highest BCUT2D eigenvalue weighted by molar-refractivity contribution is 7.12. The largest absolute Gasteiger partial charge is 0.481 e. The molecule has 1 amide bonds. The lowest BCUT2D eigenvalue weighted by Gasteiger charge is -2.39. The number of thiophene rings is 2. The molecule has 2 aromatic heterocycles. The van der Waals surface area contributed by atoms with Crippen LogP contribution in [0.4, 0.5) is 0 Å². The van der Waals surface area contributed by atoms with E-state index in [0.29, 0.717) is 19.4 Å². The fourth-order valence-electron chi connectivity index (χ4n) is 3.12. The second-order valence-corrected chi connectivity index (χ2v) is 8.14. The van der Waals surface area contributed by atoms with Gasteiger partial charge in [-0.25, -0.2) is 0 Å². The highest BCUT2D eigenvalue weighted by atomic mass is 32.1. The fraction of sp³-hybridized carbons (Fsp3) is 0.412. The second-order valence-electron chi connectivity index (χ2n) is 5.79. The lowest BCUT2D eigenvalue weighted by molar-refractivity contribution is -0.151. The molecule has 23 heavy (non-hydrogen) atoms. The molecule has 4 nitrogen and oxygen atoms in total. The lowest BCUT2D eigenvalue weighted by Crippen LogP contribution is -2.45. The van der Waals surface area contributed by atoms with Gasteiger partial charge in [-0.1, -0.05) is 6.07 Å². The molecule has 1 aliphatic heterocycles. The number of carboxylic acids is 1. The number of hydrogen-bond acceptors (Lipinski definition) is 4. The van der Waals surface area contributed by atoms with E-state index in [9.17, 15) is 14.7 Å². The van der Waals surface area contributed by atoms with Crippen molar-refractivity contribution in [2.75, 3.05) is 6.54 Å². The molecule has 1 saturated heterocycles. The predicted octanol–water partition coefficient (Wildman–Crippen LogP) is 3.73. The number of rotatable bonds is 5. The summed E-state index contributed by atoms with van der Waals surface area (Å²) in [6, 6.07) is 7.68. The molecule has 122 valence electrons. The number of likely N-dealkylation sites (tertiary alicyclic amines) is 1. The number of aliphatic carboxylic acids is 1. The first-order valence-corrected chi connectivity index (χ1v) is 9.37. The van der Waals surface area contributed by atoms with Crippen LogP contribution in [0.5, 0.6) is 0 Å². The quantitative estimate of drug-likeness (QED) is 0.895. The number of aryl methyl sites for hydroxylation is 1. The lowest BCUT2D eigenvalue weighted by atomic mass is 9.87. The molecule has 6 heteroatoms. The number of carboxylic acid groups (broad SMARTS) is 1. The summed E-state index contributed by atoms with van der Waals surface area (Å²) >= 11 is 3.26. The summed E-state index contributed by atoms with van der Waals surface area (Å²) in [5.74, 6) is -1.26. The first-order valence-electron chi connectivity index (χ1n) is 7.67. The molecule has 0 aromatic carbocycles. The monoisotopic (exact) mass is 349 g/mol. The zero-order chi connectivity index (χ0) is 16.4. The van der Waals surface area contributed by atoms with Gasteiger partial charge in [0.25, 0.3) is 0 Å². The summed E-state index contributed by atoms with van der Waals surface area (Å²) in [5.41, 5.74) is 0. The molecular weight excluding hydrogens is 330 g/mol. The number of nitrogens with zero attached hydrogens (tertiary/aromatic N) is 1. The zero-order valence-corrected chi connectivity index (χ0v) is 14.5. The maximum Gasteiger partial charge on any atom is 0.308 e. The van der Waals surface area contributed by atoms with Gasteiger partial charge >= 0.3 is 5.97 Å². The van der Waals surface area contributed by atoms with Crippen LogP contribution in [-0.4, -0.2) is 28.4 Å². The summed E-state index contributed by atoms with van der Waals surface area (Å²) in [5, 5.41) is 11.6. The number of hydrogen-bond donors (Lipinski definition) is 1. The van der Waals surface area contributed by atoms with Crippen molar-refractivity contribution in [1.82, 2.24) is 4.90 Å². The molecule has 0 radical (unpaired) electrons. The van der Waals surface area contributed by atoms with E-state index in [1.807, 2.05) is 30.5 Å². The van der Waals surface area contributed by atoms with Crippen molar-refractivity contribution in [2.24, 2.45) is 5.92 Å². The number of piperidine rings is 1. The minimum atomic E-state index is -0.810. The molecule has 3 rings (SSSR count). The van der Waals surface area contributed by atoms with Crippen LogP contribution >= 0.6 is 22.7 Å². The van der Waals surface area contributed by atoms with Crippen LogP contribution in [0.2, 0.25) is 0 Å². The average Bonchev–Trinajstić information content (AvgIpc) is 3.16. The second kappa shape index (κ2) is 6.84. The zero-order valence-electron chi connectivity index (χ0n) is 12.9. The van der Waals surface area contributed by atoms with Gasteiger partial charge in [0.2, 0.25) is 5.91 Å². The third kappa shape index (κ3) is 3.48. The first kappa shape index (κ1) is 16.2. The summed E-state index contributed by atoms with van der Waals surface area (Å²) in [7, 11) is 0. The Balaban J connectivity index is 1.87. The number of carbonyl (C=O) groups excluding carboxylic acids is 1. The van der Waals surface area contributed by atoms with Gasteiger partial charge in [0.15, 0.2) is 0 Å². The van der Waals surface area contributed by atoms with Crippen LogP contribution in [0, 0.1) is 12.8 Å². The van der Waals surface area contributed by atoms with Crippen LogP contribution in [0.1, 0.15) is 33.5 Å². The topological polar surface area (TPSA) is 57.6 Å². The number of carbonyl (C=O) groups is 2. The molecule has 1 N–H and O–H groups in total. The van der Waals surface area contributed by atoms with Crippen molar-refractivity contribution in [3.8, 4) is 0 Å². The van der Waals surface area contributed by atoms with Crippen LogP contribution in [0.3, 0.4) is 0 Å². The van der Waals surface area contributed by atoms with Crippen molar-refractivity contribution in [2.45, 2.75) is 32.2 Å². The molecular formula is C17H19NO3S2. The van der Waals surface area contributed by atoms with Crippen molar-refractivity contribution in [3.05, 3.63) is 44.3 Å². The predicted molar refractivity (Wildman–Crippen MR) is 91.9 cm³/mol. The molecule has 2 aromatic rings. The van der Waals surface area contributed by atoms with Gasteiger partial charge in [0.1, 0.15) is 0 Å². The maximum atomic E-state index is 12.5. The van der Waals surface area contributed by atoms with E-state index in [2.05, 4.69) is 6.07 Å². The Labute approximate surface area is 143 Å². The van der Waals surface area contributed by atoms with E-state index in [1.165, 1.54) is 4.88 Å². The maximum absolute atomic E-state index is 12.5. The minimum Gasteiger partial charge on any atom is -0.481 e. The Morgan fingerprint density at radius 3 is 2.83 bits per heavy atom. The SMILES string of the molecule is Cc1ccc([C@H]2[C@H](C(=O)O)CCC(=O)N2CCc2cccs2)s1. The Morgan fingerprint density at radius 2 is 2.22 bits per heavy atom. The normalized spacial score (nSPS) is 21.6. The van der Waals surface area contributed by atoms with Crippen LogP contribution < -0.4 is 0 Å². The molecule has 0 saturated carbocycles. The highest BCUT2D eigenvalue weighted by Crippen LogP contribution is 2.39. The molecule has 1 fully saturated rings. The standard InChI is InChI=1S/C17H19NO3S2/c1-11-4-6-14(23-11)16-13(17(20)21)5-7-15(19)18(16)9-8-12-3-2-10-22-12/h2-4,6,10,13,16H,5,7-9H2,1H3,(H,20,21)/t13-,16-/m1/s1. The molecule has 0 unspecified atom stereocenters.